The predicted molar refractivity (Wildman–Crippen MR) is 67.8 cm³/mol. The van der Waals surface area contributed by atoms with Crippen LogP contribution in [0.3, 0.4) is 0 Å². The molecule has 2 atom stereocenters. The average molecular weight is 232 g/mol. The molecule has 2 heteroatoms. The summed E-state index contributed by atoms with van der Waals surface area (Å²) in [6, 6.07) is 10.3. The molecule has 0 unspecified atom stereocenters. The van der Waals surface area contributed by atoms with Crippen LogP contribution in [-0.2, 0) is 14.9 Å². The van der Waals surface area contributed by atoms with Crippen LogP contribution in [0.25, 0.3) is 0 Å². The zero-order valence-corrected chi connectivity index (χ0v) is 10.6. The highest BCUT2D eigenvalue weighted by Crippen LogP contribution is 2.40. The lowest BCUT2D eigenvalue weighted by Gasteiger charge is -2.27. The Morgan fingerprint density at radius 1 is 1.35 bits per heavy atom. The number of rotatable bonds is 4. The first-order valence-electron chi connectivity index (χ1n) is 6.40. The number of carbonyl (C=O) groups excluding carboxylic acids is 1. The maximum Gasteiger partial charge on any atom is 0.309 e. The fraction of sp³-hybridized carbons (Fsp3) is 0.533. The first-order chi connectivity index (χ1) is 8.18. The standard InChI is InChI=1S/C15H20O2/c1-3-4-10-13-14(16)17-11-15(13,2)12-8-6-5-7-9-12/h5-9,13H,3-4,10-11H2,1-2H3/t13-,15-/m0/s1. The zero-order chi connectivity index (χ0) is 12.3. The molecule has 0 aliphatic carbocycles. The summed E-state index contributed by atoms with van der Waals surface area (Å²) in [5.41, 5.74) is 1.07. The molecule has 1 fully saturated rings. The van der Waals surface area contributed by atoms with Gasteiger partial charge in [-0.2, -0.15) is 0 Å². The maximum absolute atomic E-state index is 11.8. The first kappa shape index (κ1) is 12.2. The van der Waals surface area contributed by atoms with Gasteiger partial charge >= 0.3 is 5.97 Å². The smallest absolute Gasteiger partial charge is 0.309 e. The average Bonchev–Trinajstić information content (AvgIpc) is 2.65. The van der Waals surface area contributed by atoms with E-state index >= 15 is 0 Å². The summed E-state index contributed by atoms with van der Waals surface area (Å²) in [5.74, 6) is -0.00495. The number of unbranched alkanes of at least 4 members (excludes halogenated alkanes) is 1. The molecule has 2 rings (SSSR count). The van der Waals surface area contributed by atoms with E-state index in [1.807, 2.05) is 18.2 Å². The van der Waals surface area contributed by atoms with E-state index in [0.717, 1.165) is 19.3 Å². The Morgan fingerprint density at radius 3 is 2.71 bits per heavy atom. The highest BCUT2D eigenvalue weighted by molar-refractivity contribution is 5.77. The van der Waals surface area contributed by atoms with E-state index in [4.69, 9.17) is 4.74 Å². The summed E-state index contributed by atoms with van der Waals surface area (Å²) >= 11 is 0. The summed E-state index contributed by atoms with van der Waals surface area (Å²) in [5, 5.41) is 0. The van der Waals surface area contributed by atoms with Gasteiger partial charge in [0.25, 0.3) is 0 Å². The second kappa shape index (κ2) is 4.91. The molecular weight excluding hydrogens is 212 g/mol. The van der Waals surface area contributed by atoms with Gasteiger partial charge in [0, 0.05) is 5.41 Å². The number of benzene rings is 1. The molecule has 0 spiro atoms. The van der Waals surface area contributed by atoms with Crippen molar-refractivity contribution in [3.63, 3.8) is 0 Å². The Hall–Kier alpha value is -1.31. The van der Waals surface area contributed by atoms with Gasteiger partial charge in [-0.05, 0) is 12.0 Å². The topological polar surface area (TPSA) is 26.3 Å². The van der Waals surface area contributed by atoms with Crippen molar-refractivity contribution >= 4 is 5.97 Å². The van der Waals surface area contributed by atoms with Crippen molar-refractivity contribution in [2.75, 3.05) is 6.61 Å². The molecule has 1 aliphatic rings. The third-order valence-corrected chi connectivity index (χ3v) is 3.85. The zero-order valence-electron chi connectivity index (χ0n) is 10.6. The molecule has 1 aromatic carbocycles. The van der Waals surface area contributed by atoms with Crippen molar-refractivity contribution in [3.05, 3.63) is 35.9 Å². The molecule has 0 aromatic heterocycles. The minimum absolute atomic E-state index is 0.0184. The number of ether oxygens (including phenoxy) is 1. The molecule has 17 heavy (non-hydrogen) atoms. The van der Waals surface area contributed by atoms with Crippen LogP contribution in [-0.4, -0.2) is 12.6 Å². The molecule has 2 nitrogen and oxygen atoms in total. The lowest BCUT2D eigenvalue weighted by Crippen LogP contribution is -2.32. The van der Waals surface area contributed by atoms with Crippen LogP contribution < -0.4 is 0 Å². The fourth-order valence-electron chi connectivity index (χ4n) is 2.63. The van der Waals surface area contributed by atoms with Crippen molar-refractivity contribution in [3.8, 4) is 0 Å². The molecule has 0 saturated carbocycles. The second-order valence-corrected chi connectivity index (χ2v) is 5.09. The highest BCUT2D eigenvalue weighted by atomic mass is 16.5. The Bertz CT molecular complexity index is 385. The molecule has 1 saturated heterocycles. The number of esters is 1. The van der Waals surface area contributed by atoms with Gasteiger partial charge in [-0.1, -0.05) is 57.0 Å². The largest absolute Gasteiger partial charge is 0.464 e. The molecule has 0 amide bonds. The Labute approximate surface area is 103 Å². The Balaban J connectivity index is 2.26. The van der Waals surface area contributed by atoms with Gasteiger partial charge in [0.05, 0.1) is 5.92 Å². The predicted octanol–water partition coefficient (Wildman–Crippen LogP) is 3.31. The van der Waals surface area contributed by atoms with E-state index in [0.29, 0.717) is 6.61 Å². The van der Waals surface area contributed by atoms with Gasteiger partial charge in [0.15, 0.2) is 0 Å². The van der Waals surface area contributed by atoms with Crippen LogP contribution in [0.2, 0.25) is 0 Å². The van der Waals surface area contributed by atoms with Gasteiger partial charge in [0.2, 0.25) is 0 Å². The van der Waals surface area contributed by atoms with Crippen LogP contribution >= 0.6 is 0 Å². The third kappa shape index (κ3) is 2.21. The minimum atomic E-state index is -0.145. The van der Waals surface area contributed by atoms with E-state index < -0.39 is 0 Å². The molecule has 92 valence electrons. The summed E-state index contributed by atoms with van der Waals surface area (Å²) in [4.78, 5) is 11.8. The maximum atomic E-state index is 11.8. The van der Waals surface area contributed by atoms with Crippen LogP contribution in [0.4, 0.5) is 0 Å². The Morgan fingerprint density at radius 2 is 2.06 bits per heavy atom. The quantitative estimate of drug-likeness (QED) is 0.744. The molecule has 0 N–H and O–H groups in total. The normalized spacial score (nSPS) is 28.1. The van der Waals surface area contributed by atoms with Gasteiger partial charge < -0.3 is 4.74 Å². The molecular formula is C15H20O2. The van der Waals surface area contributed by atoms with Gasteiger partial charge in [-0.25, -0.2) is 0 Å². The lowest BCUT2D eigenvalue weighted by molar-refractivity contribution is -0.141. The van der Waals surface area contributed by atoms with Gasteiger partial charge in [0.1, 0.15) is 6.61 Å². The minimum Gasteiger partial charge on any atom is -0.464 e. The number of cyclic esters (lactones) is 1. The first-order valence-corrected chi connectivity index (χ1v) is 6.40. The van der Waals surface area contributed by atoms with Crippen molar-refractivity contribution in [2.24, 2.45) is 5.92 Å². The second-order valence-electron chi connectivity index (χ2n) is 5.09. The summed E-state index contributed by atoms with van der Waals surface area (Å²) in [6.07, 6.45) is 3.14. The summed E-state index contributed by atoms with van der Waals surface area (Å²) in [7, 11) is 0. The summed E-state index contributed by atoms with van der Waals surface area (Å²) < 4.78 is 5.29. The van der Waals surface area contributed by atoms with E-state index in [2.05, 4.69) is 26.0 Å². The Kier molecular flexibility index (Phi) is 3.51. The van der Waals surface area contributed by atoms with E-state index in [9.17, 15) is 4.79 Å². The van der Waals surface area contributed by atoms with Crippen LogP contribution in [0, 0.1) is 5.92 Å². The highest BCUT2D eigenvalue weighted by Gasteiger charge is 2.47. The molecule has 0 radical (unpaired) electrons. The number of hydrogen-bond acceptors (Lipinski definition) is 2. The molecule has 1 aromatic rings. The monoisotopic (exact) mass is 232 g/mol. The van der Waals surface area contributed by atoms with Crippen molar-refractivity contribution in [1.29, 1.82) is 0 Å². The van der Waals surface area contributed by atoms with E-state index in [-0.39, 0.29) is 17.3 Å². The van der Waals surface area contributed by atoms with E-state index in [1.165, 1.54) is 5.56 Å². The summed E-state index contributed by atoms with van der Waals surface area (Å²) in [6.45, 7) is 4.82. The number of hydrogen-bond donors (Lipinski definition) is 0. The molecule has 0 bridgehead atoms. The van der Waals surface area contributed by atoms with Crippen LogP contribution in [0.15, 0.2) is 30.3 Å². The SMILES string of the molecule is CCCC[C@H]1C(=O)OC[C@@]1(C)c1ccccc1. The van der Waals surface area contributed by atoms with Crippen molar-refractivity contribution < 1.29 is 9.53 Å². The van der Waals surface area contributed by atoms with Crippen LogP contribution in [0.1, 0.15) is 38.7 Å². The number of carbonyl (C=O) groups is 1. The van der Waals surface area contributed by atoms with Gasteiger partial charge in [-0.3, -0.25) is 4.79 Å². The lowest BCUT2D eigenvalue weighted by atomic mass is 9.72. The van der Waals surface area contributed by atoms with Crippen LogP contribution in [0.5, 0.6) is 0 Å². The van der Waals surface area contributed by atoms with Crippen molar-refractivity contribution in [1.82, 2.24) is 0 Å². The van der Waals surface area contributed by atoms with E-state index in [1.54, 1.807) is 0 Å². The third-order valence-electron chi connectivity index (χ3n) is 3.85. The van der Waals surface area contributed by atoms with Crippen molar-refractivity contribution in [2.45, 2.75) is 38.5 Å². The molecule has 1 aliphatic heterocycles. The molecule has 1 heterocycles. The fourth-order valence-corrected chi connectivity index (χ4v) is 2.63. The van der Waals surface area contributed by atoms with Gasteiger partial charge in [-0.15, -0.1) is 0 Å².